The van der Waals surface area contributed by atoms with E-state index in [1.54, 1.807) is 11.8 Å². The molecule has 4 heteroatoms. The van der Waals surface area contributed by atoms with Crippen molar-refractivity contribution in [1.82, 2.24) is 9.80 Å². The Balaban J connectivity index is 1.90. The highest BCUT2D eigenvalue weighted by Gasteiger charge is 2.25. The smallest absolute Gasteiger partial charge is 0.0808 e. The van der Waals surface area contributed by atoms with Gasteiger partial charge in [-0.1, -0.05) is 30.3 Å². The van der Waals surface area contributed by atoms with Gasteiger partial charge in [-0.15, -0.1) is 11.8 Å². The van der Waals surface area contributed by atoms with Gasteiger partial charge in [0.2, 0.25) is 0 Å². The Bertz CT molecular complexity index is 429. The first-order valence-electron chi connectivity index (χ1n) is 7.23. The second-order valence-electron chi connectivity index (χ2n) is 5.29. The third kappa shape index (κ3) is 4.52. The van der Waals surface area contributed by atoms with E-state index in [-0.39, 0.29) is 0 Å². The molecule has 3 nitrogen and oxygen atoms in total. The predicted molar refractivity (Wildman–Crippen MR) is 85.8 cm³/mol. The molecule has 0 amide bonds. The van der Waals surface area contributed by atoms with Crippen molar-refractivity contribution in [1.29, 1.82) is 5.26 Å². The third-order valence-electron chi connectivity index (χ3n) is 3.78. The molecular formula is C16H23N3S. The molecule has 1 aliphatic heterocycles. The standard InChI is InChI=1S/C16H23N3S/c1-18-10-11-19(9-5-12-20-13-8-17)16(14-18)15-6-3-2-4-7-15/h2-4,6-7,16H,5,9-14H2,1H3/t16-/m1/s1. The summed E-state index contributed by atoms with van der Waals surface area (Å²) in [5.74, 6) is 1.70. The van der Waals surface area contributed by atoms with Crippen LogP contribution in [-0.4, -0.2) is 54.5 Å². The summed E-state index contributed by atoms with van der Waals surface area (Å²) in [6.07, 6.45) is 1.17. The summed E-state index contributed by atoms with van der Waals surface area (Å²) in [7, 11) is 2.20. The first kappa shape index (κ1) is 15.4. The summed E-state index contributed by atoms with van der Waals surface area (Å²) in [6, 6.07) is 13.5. The lowest BCUT2D eigenvalue weighted by atomic mass is 10.0. The number of thioether (sulfide) groups is 1. The van der Waals surface area contributed by atoms with E-state index in [2.05, 4.69) is 53.2 Å². The maximum absolute atomic E-state index is 8.55. The summed E-state index contributed by atoms with van der Waals surface area (Å²) >= 11 is 1.74. The van der Waals surface area contributed by atoms with E-state index in [0.29, 0.717) is 11.8 Å². The summed E-state index contributed by atoms with van der Waals surface area (Å²) in [5.41, 5.74) is 1.42. The first-order valence-corrected chi connectivity index (χ1v) is 8.39. The van der Waals surface area contributed by atoms with E-state index in [9.17, 15) is 0 Å². The Kier molecular flexibility index (Phi) is 6.38. The van der Waals surface area contributed by atoms with Crippen molar-refractivity contribution in [2.75, 3.05) is 44.7 Å². The predicted octanol–water partition coefficient (Wildman–Crippen LogP) is 2.62. The van der Waals surface area contributed by atoms with Crippen LogP contribution in [0.2, 0.25) is 0 Å². The van der Waals surface area contributed by atoms with Gasteiger partial charge in [-0.2, -0.15) is 5.26 Å². The van der Waals surface area contributed by atoms with Crippen LogP contribution < -0.4 is 0 Å². The Morgan fingerprint density at radius 2 is 2.10 bits per heavy atom. The maximum atomic E-state index is 8.55. The minimum absolute atomic E-state index is 0.510. The van der Waals surface area contributed by atoms with Crippen molar-refractivity contribution in [3.05, 3.63) is 35.9 Å². The molecule has 0 N–H and O–H groups in total. The fourth-order valence-electron chi connectivity index (χ4n) is 2.70. The average molecular weight is 289 g/mol. The fourth-order valence-corrected chi connectivity index (χ4v) is 3.27. The zero-order chi connectivity index (χ0) is 14.2. The fraction of sp³-hybridized carbons (Fsp3) is 0.562. The molecular weight excluding hydrogens is 266 g/mol. The lowest BCUT2D eigenvalue weighted by Crippen LogP contribution is -2.47. The number of likely N-dealkylation sites (N-methyl/N-ethyl adjacent to an activating group) is 1. The van der Waals surface area contributed by atoms with Crippen molar-refractivity contribution in [3.63, 3.8) is 0 Å². The molecule has 1 aromatic carbocycles. The molecule has 1 atom stereocenters. The van der Waals surface area contributed by atoms with Gasteiger partial charge >= 0.3 is 0 Å². The lowest BCUT2D eigenvalue weighted by molar-refractivity contribution is 0.0903. The van der Waals surface area contributed by atoms with Gasteiger partial charge in [-0.25, -0.2) is 0 Å². The molecule has 1 aliphatic rings. The van der Waals surface area contributed by atoms with Gasteiger partial charge in [0, 0.05) is 25.7 Å². The molecule has 0 spiro atoms. The van der Waals surface area contributed by atoms with Crippen molar-refractivity contribution in [3.8, 4) is 6.07 Å². The lowest BCUT2D eigenvalue weighted by Gasteiger charge is -2.40. The van der Waals surface area contributed by atoms with Crippen molar-refractivity contribution in [2.45, 2.75) is 12.5 Å². The quantitative estimate of drug-likeness (QED) is 0.753. The van der Waals surface area contributed by atoms with Crippen LogP contribution in [0.15, 0.2) is 30.3 Å². The first-order chi connectivity index (χ1) is 9.81. The van der Waals surface area contributed by atoms with Gasteiger partial charge in [-0.05, 0) is 31.3 Å². The Hall–Kier alpha value is -1.02. The monoisotopic (exact) mass is 289 g/mol. The molecule has 0 unspecified atom stereocenters. The minimum atomic E-state index is 0.510. The highest BCUT2D eigenvalue weighted by molar-refractivity contribution is 7.99. The molecule has 1 heterocycles. The molecule has 0 bridgehead atoms. The topological polar surface area (TPSA) is 30.3 Å². The van der Waals surface area contributed by atoms with Crippen molar-refractivity contribution in [2.24, 2.45) is 0 Å². The van der Waals surface area contributed by atoms with Gasteiger partial charge in [0.1, 0.15) is 0 Å². The summed E-state index contributed by atoms with van der Waals surface area (Å²) in [4.78, 5) is 5.01. The van der Waals surface area contributed by atoms with E-state index >= 15 is 0 Å². The SMILES string of the molecule is CN1CCN(CCCSCC#N)[C@@H](c2ccccc2)C1. The zero-order valence-electron chi connectivity index (χ0n) is 12.2. The molecule has 1 saturated heterocycles. The van der Waals surface area contributed by atoms with Gasteiger partial charge in [0.15, 0.2) is 0 Å². The Morgan fingerprint density at radius 3 is 2.85 bits per heavy atom. The van der Waals surface area contributed by atoms with Crippen LogP contribution in [0.3, 0.4) is 0 Å². The molecule has 2 rings (SSSR count). The number of benzene rings is 1. The van der Waals surface area contributed by atoms with E-state index < -0.39 is 0 Å². The van der Waals surface area contributed by atoms with E-state index in [1.807, 2.05) is 0 Å². The van der Waals surface area contributed by atoms with Crippen LogP contribution in [0, 0.1) is 11.3 Å². The molecule has 0 radical (unpaired) electrons. The van der Waals surface area contributed by atoms with E-state index in [0.717, 1.165) is 31.9 Å². The minimum Gasteiger partial charge on any atom is -0.303 e. The molecule has 0 aromatic heterocycles. The Morgan fingerprint density at radius 1 is 1.30 bits per heavy atom. The van der Waals surface area contributed by atoms with Crippen LogP contribution in [0.5, 0.6) is 0 Å². The van der Waals surface area contributed by atoms with E-state index in [4.69, 9.17) is 5.26 Å². The van der Waals surface area contributed by atoms with Crippen LogP contribution in [-0.2, 0) is 0 Å². The maximum Gasteiger partial charge on any atom is 0.0808 e. The largest absolute Gasteiger partial charge is 0.303 e. The molecule has 0 aliphatic carbocycles. The molecule has 1 fully saturated rings. The summed E-state index contributed by atoms with van der Waals surface area (Å²) in [5, 5.41) is 8.55. The number of rotatable bonds is 6. The summed E-state index contributed by atoms with van der Waals surface area (Å²) < 4.78 is 0. The zero-order valence-corrected chi connectivity index (χ0v) is 13.0. The third-order valence-corrected chi connectivity index (χ3v) is 4.69. The van der Waals surface area contributed by atoms with Gasteiger partial charge in [-0.3, -0.25) is 4.90 Å². The number of hydrogen-bond acceptors (Lipinski definition) is 4. The Labute approximate surface area is 126 Å². The van der Waals surface area contributed by atoms with Crippen LogP contribution in [0.1, 0.15) is 18.0 Å². The molecule has 1 aromatic rings. The molecule has 108 valence electrons. The number of hydrogen-bond donors (Lipinski definition) is 0. The van der Waals surface area contributed by atoms with Crippen molar-refractivity contribution >= 4 is 11.8 Å². The van der Waals surface area contributed by atoms with Crippen LogP contribution in [0.4, 0.5) is 0 Å². The number of piperazine rings is 1. The van der Waals surface area contributed by atoms with Gasteiger partial charge in [0.25, 0.3) is 0 Å². The van der Waals surface area contributed by atoms with E-state index in [1.165, 1.54) is 12.0 Å². The van der Waals surface area contributed by atoms with Crippen molar-refractivity contribution < 1.29 is 0 Å². The second kappa shape index (κ2) is 8.31. The number of nitriles is 1. The molecule has 0 saturated carbocycles. The number of nitrogens with zero attached hydrogens (tertiary/aromatic N) is 3. The average Bonchev–Trinajstić information content (AvgIpc) is 2.49. The van der Waals surface area contributed by atoms with Crippen LogP contribution >= 0.6 is 11.8 Å². The van der Waals surface area contributed by atoms with Crippen LogP contribution in [0.25, 0.3) is 0 Å². The van der Waals surface area contributed by atoms with Gasteiger partial charge < -0.3 is 4.90 Å². The molecule has 20 heavy (non-hydrogen) atoms. The van der Waals surface area contributed by atoms with Gasteiger partial charge in [0.05, 0.1) is 11.8 Å². The normalized spacial score (nSPS) is 20.7. The second-order valence-corrected chi connectivity index (χ2v) is 6.39. The summed E-state index contributed by atoms with van der Waals surface area (Å²) in [6.45, 7) is 4.52. The highest BCUT2D eigenvalue weighted by Crippen LogP contribution is 2.25. The highest BCUT2D eigenvalue weighted by atomic mass is 32.2.